The summed E-state index contributed by atoms with van der Waals surface area (Å²) in [6.07, 6.45) is 0. The Kier molecular flexibility index (Phi) is 8.89. The molecule has 0 amide bonds. The third kappa shape index (κ3) is 6.24. The fraction of sp³-hybridized carbons (Fsp3) is 0. The number of aromatic nitrogens is 5. The molecule has 3 heterocycles. The van der Waals surface area contributed by atoms with E-state index >= 15 is 0 Å². The topological polar surface area (TPSA) is 48.5 Å². The first-order chi connectivity index (χ1) is 35.7. The molecule has 0 atom stereocenters. The summed E-state index contributed by atoms with van der Waals surface area (Å²) in [5, 5.41) is 7.62. The third-order valence-corrected chi connectivity index (χ3v) is 14.7. The molecular weight excluding hydrogens is 875 g/mol. The van der Waals surface area contributed by atoms with Crippen LogP contribution in [0.3, 0.4) is 0 Å². The van der Waals surface area contributed by atoms with Crippen molar-refractivity contribution in [3.8, 4) is 90.0 Å². The fourth-order valence-electron chi connectivity index (χ4n) is 11.4. The first-order valence-electron chi connectivity index (χ1n) is 24.5. The fourth-order valence-corrected chi connectivity index (χ4v) is 11.4. The van der Waals surface area contributed by atoms with Gasteiger partial charge in [-0.3, -0.25) is 0 Å². The molecule has 11 aromatic carbocycles. The maximum atomic E-state index is 5.00. The van der Waals surface area contributed by atoms with Crippen molar-refractivity contribution in [1.29, 1.82) is 0 Å². The molecule has 14 aromatic rings. The van der Waals surface area contributed by atoms with E-state index in [-0.39, 0.29) is 0 Å². The van der Waals surface area contributed by atoms with Gasteiger partial charge in [0, 0.05) is 49.6 Å². The number of nitrogens with zero attached hydrogens (tertiary/aromatic N) is 5. The van der Waals surface area contributed by atoms with Crippen molar-refractivity contribution < 1.29 is 0 Å². The summed E-state index contributed by atoms with van der Waals surface area (Å²) in [4.78, 5) is 14.9. The van der Waals surface area contributed by atoms with Crippen molar-refractivity contribution in [2.75, 3.05) is 0 Å². The molecule has 1 aliphatic carbocycles. The first kappa shape index (κ1) is 40.2. The minimum absolute atomic E-state index is 0.636. The highest BCUT2D eigenvalue weighted by atomic mass is 15.0. The molecule has 0 N–H and O–H groups in total. The molecule has 0 fully saturated rings. The normalized spacial score (nSPS) is 11.9. The van der Waals surface area contributed by atoms with E-state index in [4.69, 9.17) is 15.0 Å². The number of rotatable bonds is 7. The Morgan fingerprint density at radius 2 is 0.681 bits per heavy atom. The van der Waals surface area contributed by atoms with Crippen molar-refractivity contribution in [3.63, 3.8) is 0 Å². The van der Waals surface area contributed by atoms with Crippen LogP contribution >= 0.6 is 0 Å². The van der Waals surface area contributed by atoms with Gasteiger partial charge in [0.25, 0.3) is 0 Å². The molecule has 1 aliphatic rings. The van der Waals surface area contributed by atoms with Crippen molar-refractivity contribution in [2.45, 2.75) is 0 Å². The Labute approximate surface area is 415 Å². The number of fused-ring (bicyclic) bond motifs is 10. The van der Waals surface area contributed by atoms with Gasteiger partial charge in [-0.2, -0.15) is 0 Å². The van der Waals surface area contributed by atoms with E-state index in [0.717, 1.165) is 39.2 Å². The molecule has 0 saturated carbocycles. The third-order valence-electron chi connectivity index (χ3n) is 14.7. The lowest BCUT2D eigenvalue weighted by Crippen LogP contribution is -2.00. The lowest BCUT2D eigenvalue weighted by atomic mass is 9.96. The Morgan fingerprint density at radius 1 is 0.222 bits per heavy atom. The molecule has 15 rings (SSSR count). The summed E-state index contributed by atoms with van der Waals surface area (Å²) in [6, 6.07) is 89.4. The smallest absolute Gasteiger partial charge is 0.164 e. The van der Waals surface area contributed by atoms with E-state index in [1.54, 1.807) is 0 Å². The van der Waals surface area contributed by atoms with Crippen molar-refractivity contribution in [2.24, 2.45) is 0 Å². The van der Waals surface area contributed by atoms with Crippen LogP contribution in [-0.4, -0.2) is 24.1 Å². The van der Waals surface area contributed by atoms with E-state index < -0.39 is 0 Å². The van der Waals surface area contributed by atoms with Crippen LogP contribution < -0.4 is 0 Å². The van der Waals surface area contributed by atoms with Gasteiger partial charge in [0.2, 0.25) is 0 Å². The zero-order valence-electron chi connectivity index (χ0n) is 38.9. The molecule has 0 saturated heterocycles. The highest BCUT2D eigenvalue weighted by Crippen LogP contribution is 2.51. The SMILES string of the molecule is c1ccc(-c2nc(-c3ccccc3)nc(-c3cccc(-c4ccc(-n5c6ccccc6c6cc(-c7ccc8c(c7)c7c9cccc%10c9c(cc7n8-c7ccccc7)-c7ccccc7-%10)ccc65)cc4)c3)n2)cc1. The highest BCUT2D eigenvalue weighted by molar-refractivity contribution is 6.29. The van der Waals surface area contributed by atoms with E-state index in [1.165, 1.54) is 87.8 Å². The van der Waals surface area contributed by atoms with Gasteiger partial charge in [0.1, 0.15) is 0 Å². The Bertz CT molecular complexity index is 4420. The average Bonchev–Trinajstić information content (AvgIpc) is 4.09. The standard InChI is InChI=1S/C67H41N5/c1-4-16-43(17-5-1)65-68-66(44-18-6-2-7-19-44)70-67(69-65)48-21-14-20-45(38-48)42-30-34-50(35-31-42)71-59-29-13-12-26-53(59)56-39-46(32-36-60(56)71)47-33-37-61-58(40-47)64-55-28-15-27-54-51-24-10-11-25-52(51)57(63(54)55)41-62(64)72(61)49-22-8-3-9-23-49/h1-41H. The van der Waals surface area contributed by atoms with Gasteiger partial charge >= 0.3 is 0 Å². The van der Waals surface area contributed by atoms with Crippen molar-refractivity contribution >= 4 is 54.4 Å². The molecule has 0 aliphatic heterocycles. The summed E-state index contributed by atoms with van der Waals surface area (Å²) < 4.78 is 4.85. The summed E-state index contributed by atoms with van der Waals surface area (Å²) >= 11 is 0. The molecule has 0 radical (unpaired) electrons. The number of para-hydroxylation sites is 2. The lowest BCUT2D eigenvalue weighted by molar-refractivity contribution is 1.07. The molecule has 5 heteroatoms. The second-order valence-electron chi connectivity index (χ2n) is 18.7. The second-order valence-corrected chi connectivity index (χ2v) is 18.7. The van der Waals surface area contributed by atoms with Crippen LogP contribution in [0, 0.1) is 0 Å². The largest absolute Gasteiger partial charge is 0.309 e. The molecule has 0 bridgehead atoms. The first-order valence-corrected chi connectivity index (χ1v) is 24.5. The van der Waals surface area contributed by atoms with Crippen LogP contribution in [0.5, 0.6) is 0 Å². The van der Waals surface area contributed by atoms with Gasteiger partial charge in [-0.1, -0.05) is 182 Å². The minimum Gasteiger partial charge on any atom is -0.309 e. The van der Waals surface area contributed by atoms with Gasteiger partial charge in [0.15, 0.2) is 17.5 Å². The predicted molar refractivity (Wildman–Crippen MR) is 298 cm³/mol. The second kappa shape index (κ2) is 15.9. The lowest BCUT2D eigenvalue weighted by Gasteiger charge is -2.11. The van der Waals surface area contributed by atoms with Gasteiger partial charge in [0.05, 0.1) is 22.1 Å². The Morgan fingerprint density at radius 3 is 1.39 bits per heavy atom. The van der Waals surface area contributed by atoms with Crippen molar-refractivity contribution in [1.82, 2.24) is 24.1 Å². The minimum atomic E-state index is 0.636. The number of hydrogen-bond donors (Lipinski definition) is 0. The molecule has 3 aromatic heterocycles. The summed E-state index contributed by atoms with van der Waals surface area (Å²) in [6.45, 7) is 0. The van der Waals surface area contributed by atoms with E-state index in [9.17, 15) is 0 Å². The van der Waals surface area contributed by atoms with Crippen molar-refractivity contribution in [3.05, 3.63) is 249 Å². The number of benzene rings is 11. The Hall–Kier alpha value is -9.71. The zero-order chi connectivity index (χ0) is 47.3. The zero-order valence-corrected chi connectivity index (χ0v) is 38.9. The summed E-state index contributed by atoms with van der Waals surface area (Å²) in [5.41, 5.74) is 19.7. The monoisotopic (exact) mass is 915 g/mol. The van der Waals surface area contributed by atoms with Gasteiger partial charge < -0.3 is 9.13 Å². The summed E-state index contributed by atoms with van der Waals surface area (Å²) in [5.74, 6) is 1.93. The average molecular weight is 916 g/mol. The molecule has 72 heavy (non-hydrogen) atoms. The van der Waals surface area contributed by atoms with Crippen LogP contribution in [0.25, 0.3) is 144 Å². The van der Waals surface area contributed by atoms with Crippen LogP contribution in [0.4, 0.5) is 0 Å². The molecule has 0 spiro atoms. The quantitative estimate of drug-likeness (QED) is 0.160. The molecule has 0 unspecified atom stereocenters. The van der Waals surface area contributed by atoms with E-state index in [2.05, 4.69) is 197 Å². The van der Waals surface area contributed by atoms with Crippen LogP contribution in [-0.2, 0) is 0 Å². The van der Waals surface area contributed by atoms with Gasteiger partial charge in [-0.05, 0) is 122 Å². The maximum absolute atomic E-state index is 5.00. The summed E-state index contributed by atoms with van der Waals surface area (Å²) in [7, 11) is 0. The van der Waals surface area contributed by atoms with E-state index in [0.29, 0.717) is 17.5 Å². The van der Waals surface area contributed by atoms with E-state index in [1.807, 2.05) is 60.7 Å². The molecular formula is C67H41N5. The molecule has 5 nitrogen and oxygen atoms in total. The highest BCUT2D eigenvalue weighted by Gasteiger charge is 2.26. The predicted octanol–water partition coefficient (Wildman–Crippen LogP) is 17.2. The number of hydrogen-bond acceptors (Lipinski definition) is 3. The maximum Gasteiger partial charge on any atom is 0.164 e. The van der Waals surface area contributed by atoms with Gasteiger partial charge in [-0.25, -0.2) is 15.0 Å². The molecule has 334 valence electrons. The van der Waals surface area contributed by atoms with Crippen LogP contribution in [0.2, 0.25) is 0 Å². The van der Waals surface area contributed by atoms with Crippen LogP contribution in [0.1, 0.15) is 0 Å². The van der Waals surface area contributed by atoms with Gasteiger partial charge in [-0.15, -0.1) is 0 Å². The van der Waals surface area contributed by atoms with Crippen LogP contribution in [0.15, 0.2) is 249 Å². The Balaban J connectivity index is 0.823.